The van der Waals surface area contributed by atoms with Gasteiger partial charge >= 0.3 is 5.69 Å². The van der Waals surface area contributed by atoms with Gasteiger partial charge in [-0.3, -0.25) is 4.57 Å². The molecule has 0 spiro atoms. The molecule has 1 aromatic heterocycles. The van der Waals surface area contributed by atoms with Crippen molar-refractivity contribution in [2.45, 2.75) is 44.2 Å². The number of rotatable bonds is 2. The van der Waals surface area contributed by atoms with Gasteiger partial charge in [-0.2, -0.15) is 4.98 Å². The van der Waals surface area contributed by atoms with Gasteiger partial charge in [-0.15, -0.1) is 0 Å². The number of fused-ring (bicyclic) bond motifs is 1. The molecule has 3 rings (SSSR count). The fraction of sp³-hybridized carbons (Fsp3) is 0.667. The SMILES string of the molecule is CC1(C)O[C@H]2[C@H](O1)[C@@H](CI)O[C@H]2n1cc(Cl)c(N)nc1=O. The molecule has 2 saturated heterocycles. The summed E-state index contributed by atoms with van der Waals surface area (Å²) < 4.78 is 19.7. The van der Waals surface area contributed by atoms with Crippen LogP contribution >= 0.6 is 34.2 Å². The van der Waals surface area contributed by atoms with Crippen LogP contribution in [0.4, 0.5) is 5.82 Å². The topological polar surface area (TPSA) is 88.6 Å². The van der Waals surface area contributed by atoms with E-state index in [1.807, 2.05) is 13.8 Å². The predicted octanol–water partition coefficient (Wildman–Crippen LogP) is 1.33. The van der Waals surface area contributed by atoms with Crippen molar-refractivity contribution in [1.29, 1.82) is 0 Å². The highest BCUT2D eigenvalue weighted by Gasteiger charge is 2.55. The number of alkyl halides is 1. The highest BCUT2D eigenvalue weighted by atomic mass is 127. The summed E-state index contributed by atoms with van der Waals surface area (Å²) in [5, 5.41) is 0.200. The van der Waals surface area contributed by atoms with Gasteiger partial charge < -0.3 is 19.9 Å². The van der Waals surface area contributed by atoms with Crippen LogP contribution in [-0.2, 0) is 14.2 Å². The third kappa shape index (κ3) is 2.67. The van der Waals surface area contributed by atoms with E-state index in [1.54, 1.807) is 0 Å². The normalized spacial score (nSPS) is 34.1. The van der Waals surface area contributed by atoms with E-state index in [2.05, 4.69) is 27.6 Å². The molecule has 116 valence electrons. The molecule has 2 aliphatic heterocycles. The van der Waals surface area contributed by atoms with E-state index in [9.17, 15) is 4.79 Å². The molecule has 1 aromatic rings. The zero-order valence-corrected chi connectivity index (χ0v) is 14.4. The Labute approximate surface area is 139 Å². The number of nitrogens with zero attached hydrogens (tertiary/aromatic N) is 2. The fourth-order valence-corrected chi connectivity index (χ4v) is 3.50. The van der Waals surface area contributed by atoms with Crippen LogP contribution in [0.15, 0.2) is 11.0 Å². The largest absolute Gasteiger partial charge is 0.382 e. The van der Waals surface area contributed by atoms with E-state index >= 15 is 0 Å². The molecule has 3 heterocycles. The molecule has 0 unspecified atom stereocenters. The zero-order chi connectivity index (χ0) is 15.4. The number of hydrogen-bond donors (Lipinski definition) is 1. The molecule has 9 heteroatoms. The Morgan fingerprint density at radius 2 is 2.14 bits per heavy atom. The molecule has 0 bridgehead atoms. The summed E-state index contributed by atoms with van der Waals surface area (Å²) in [4.78, 5) is 15.8. The highest BCUT2D eigenvalue weighted by Crippen LogP contribution is 2.43. The molecule has 0 amide bonds. The molecule has 4 atom stereocenters. The summed E-state index contributed by atoms with van der Waals surface area (Å²) in [5.74, 6) is -0.711. The maximum absolute atomic E-state index is 12.1. The third-order valence-electron chi connectivity index (χ3n) is 3.49. The lowest BCUT2D eigenvalue weighted by Crippen LogP contribution is -2.35. The molecule has 0 aromatic carbocycles. The Balaban J connectivity index is 1.99. The molecule has 2 N–H and O–H groups in total. The highest BCUT2D eigenvalue weighted by molar-refractivity contribution is 14.1. The van der Waals surface area contributed by atoms with Crippen molar-refractivity contribution in [1.82, 2.24) is 9.55 Å². The van der Waals surface area contributed by atoms with Crippen LogP contribution in [0.5, 0.6) is 0 Å². The Morgan fingerprint density at radius 3 is 2.81 bits per heavy atom. The minimum atomic E-state index is -0.712. The minimum Gasteiger partial charge on any atom is -0.382 e. The van der Waals surface area contributed by atoms with E-state index in [4.69, 9.17) is 31.5 Å². The van der Waals surface area contributed by atoms with Crippen molar-refractivity contribution in [3.05, 3.63) is 21.7 Å². The van der Waals surface area contributed by atoms with Crippen molar-refractivity contribution in [3.8, 4) is 0 Å². The maximum atomic E-state index is 12.1. The second-order valence-electron chi connectivity index (χ2n) is 5.45. The lowest BCUT2D eigenvalue weighted by atomic mass is 10.1. The molecule has 0 aliphatic carbocycles. The Bertz CT molecular complexity index is 623. The summed E-state index contributed by atoms with van der Waals surface area (Å²) in [7, 11) is 0. The lowest BCUT2D eigenvalue weighted by molar-refractivity contribution is -0.194. The fourth-order valence-electron chi connectivity index (χ4n) is 2.65. The van der Waals surface area contributed by atoms with Gasteiger partial charge in [0.05, 0.1) is 11.1 Å². The number of nitrogen functional groups attached to an aromatic ring is 1. The minimum absolute atomic E-state index is 0.00169. The van der Waals surface area contributed by atoms with E-state index < -0.39 is 17.7 Å². The summed E-state index contributed by atoms with van der Waals surface area (Å²) in [6, 6.07) is 0. The molecular formula is C12H15ClIN3O4. The van der Waals surface area contributed by atoms with Crippen molar-refractivity contribution < 1.29 is 14.2 Å². The van der Waals surface area contributed by atoms with Crippen LogP contribution in [0.25, 0.3) is 0 Å². The van der Waals surface area contributed by atoms with Gasteiger partial charge in [0.2, 0.25) is 0 Å². The number of anilines is 1. The summed E-state index contributed by atoms with van der Waals surface area (Å²) >= 11 is 8.18. The van der Waals surface area contributed by atoms with Crippen LogP contribution in [0.3, 0.4) is 0 Å². The van der Waals surface area contributed by atoms with Gasteiger partial charge in [-0.05, 0) is 13.8 Å². The Hall–Kier alpha value is -0.420. The first-order valence-corrected chi connectivity index (χ1v) is 8.34. The van der Waals surface area contributed by atoms with Crippen LogP contribution < -0.4 is 11.4 Å². The summed E-state index contributed by atoms with van der Waals surface area (Å²) in [6.45, 7) is 3.67. The van der Waals surface area contributed by atoms with Crippen molar-refractivity contribution in [2.75, 3.05) is 10.2 Å². The summed E-state index contributed by atoms with van der Waals surface area (Å²) in [6.07, 6.45) is 0.0161. The van der Waals surface area contributed by atoms with Gasteiger partial charge in [0.25, 0.3) is 0 Å². The van der Waals surface area contributed by atoms with E-state index in [1.165, 1.54) is 10.8 Å². The second-order valence-corrected chi connectivity index (χ2v) is 6.74. The summed E-state index contributed by atoms with van der Waals surface area (Å²) in [5.41, 5.74) is 5.01. The van der Waals surface area contributed by atoms with Gasteiger partial charge in [0.1, 0.15) is 18.0 Å². The second kappa shape index (κ2) is 5.34. The first-order valence-electron chi connectivity index (χ1n) is 6.43. The Kier molecular flexibility index (Phi) is 3.93. The van der Waals surface area contributed by atoms with E-state index in [0.717, 1.165) is 4.43 Å². The predicted molar refractivity (Wildman–Crippen MR) is 84.5 cm³/mol. The van der Waals surface area contributed by atoms with Crippen LogP contribution in [0.2, 0.25) is 5.02 Å². The van der Waals surface area contributed by atoms with Crippen LogP contribution in [0, 0.1) is 0 Å². The van der Waals surface area contributed by atoms with Gasteiger partial charge in [0, 0.05) is 10.6 Å². The Morgan fingerprint density at radius 1 is 1.48 bits per heavy atom. The van der Waals surface area contributed by atoms with E-state index in [-0.39, 0.29) is 29.2 Å². The zero-order valence-electron chi connectivity index (χ0n) is 11.5. The van der Waals surface area contributed by atoms with Crippen LogP contribution in [-0.4, -0.2) is 38.1 Å². The average Bonchev–Trinajstić information content (AvgIpc) is 2.87. The maximum Gasteiger partial charge on any atom is 0.351 e. The quantitative estimate of drug-likeness (QED) is 0.566. The molecule has 7 nitrogen and oxygen atoms in total. The third-order valence-corrected chi connectivity index (χ3v) is 4.64. The number of hydrogen-bond acceptors (Lipinski definition) is 6. The average molecular weight is 428 g/mol. The first-order chi connectivity index (χ1) is 9.82. The van der Waals surface area contributed by atoms with Gasteiger partial charge in [0.15, 0.2) is 12.0 Å². The number of aromatic nitrogens is 2. The van der Waals surface area contributed by atoms with Crippen molar-refractivity contribution in [3.63, 3.8) is 0 Å². The van der Waals surface area contributed by atoms with Crippen LogP contribution in [0.1, 0.15) is 20.1 Å². The number of ether oxygens (including phenoxy) is 3. The van der Waals surface area contributed by atoms with Gasteiger partial charge in [-0.1, -0.05) is 34.2 Å². The van der Waals surface area contributed by atoms with Crippen molar-refractivity contribution in [2.24, 2.45) is 0 Å². The molecule has 21 heavy (non-hydrogen) atoms. The lowest BCUT2D eigenvalue weighted by Gasteiger charge is -2.24. The molecule has 0 saturated carbocycles. The molecule has 2 fully saturated rings. The number of nitrogens with two attached hydrogens (primary N) is 1. The molecular weight excluding hydrogens is 413 g/mol. The molecule has 0 radical (unpaired) electrons. The standard InChI is InChI=1S/C12H15ClIN3O4/c1-12(2)20-7-6(3-14)19-10(8(7)21-12)17-4-5(13)9(15)16-11(17)18/h4,6-8,10H,3H2,1-2H3,(H2,15,16,18)/t6-,7-,8+,10-/m1/s1. The smallest absolute Gasteiger partial charge is 0.351 e. The molecule has 2 aliphatic rings. The van der Waals surface area contributed by atoms with Crippen molar-refractivity contribution >= 4 is 40.0 Å². The van der Waals surface area contributed by atoms with E-state index in [0.29, 0.717) is 0 Å². The monoisotopic (exact) mass is 427 g/mol. The van der Waals surface area contributed by atoms with Gasteiger partial charge in [-0.25, -0.2) is 4.79 Å². The number of halogens is 2. The first kappa shape index (κ1) is 15.5.